The monoisotopic (exact) mass is 346 g/mol. The molecule has 0 aliphatic rings. The number of aromatic nitrogens is 1. The van der Waals surface area contributed by atoms with Crippen LogP contribution in [0.15, 0.2) is 79.0 Å². The maximum absolute atomic E-state index is 12.8. The van der Waals surface area contributed by atoms with Crippen molar-refractivity contribution in [2.24, 2.45) is 0 Å². The first-order valence-corrected chi connectivity index (χ1v) is 8.18. The lowest BCUT2D eigenvalue weighted by Gasteiger charge is -2.18. The lowest BCUT2D eigenvalue weighted by molar-refractivity contribution is -0.125. The molecule has 1 N–H and O–H groups in total. The number of benzene rings is 2. The minimum absolute atomic E-state index is 0.150. The molecule has 0 saturated heterocycles. The third-order valence-corrected chi connectivity index (χ3v) is 3.76. The molecule has 1 heterocycles. The van der Waals surface area contributed by atoms with E-state index in [2.05, 4.69) is 10.3 Å². The molecule has 2 aromatic carbocycles. The van der Waals surface area contributed by atoms with Gasteiger partial charge >= 0.3 is 5.97 Å². The van der Waals surface area contributed by atoms with E-state index >= 15 is 0 Å². The van der Waals surface area contributed by atoms with Crippen LogP contribution in [-0.4, -0.2) is 16.9 Å². The molecule has 0 saturated carbocycles. The zero-order chi connectivity index (χ0) is 18.4. The van der Waals surface area contributed by atoms with E-state index in [4.69, 9.17) is 4.74 Å². The molecule has 5 heteroatoms. The lowest BCUT2D eigenvalue weighted by Crippen LogP contribution is -2.26. The maximum Gasteiger partial charge on any atom is 0.358 e. The normalized spacial score (nSPS) is 11.4. The van der Waals surface area contributed by atoms with E-state index in [9.17, 15) is 9.59 Å². The Balaban J connectivity index is 1.82. The lowest BCUT2D eigenvalue weighted by atomic mass is 10.1. The van der Waals surface area contributed by atoms with Crippen LogP contribution in [0.1, 0.15) is 27.7 Å². The Bertz CT molecular complexity index is 878. The van der Waals surface area contributed by atoms with Gasteiger partial charge in [-0.2, -0.15) is 0 Å². The second-order valence-electron chi connectivity index (χ2n) is 5.77. The number of pyridine rings is 1. The van der Waals surface area contributed by atoms with Gasteiger partial charge in [-0.3, -0.25) is 4.79 Å². The summed E-state index contributed by atoms with van der Waals surface area (Å²) >= 11 is 0. The number of anilines is 1. The number of rotatable bonds is 5. The van der Waals surface area contributed by atoms with Crippen LogP contribution in [0.25, 0.3) is 0 Å². The molecule has 1 aromatic heterocycles. The molecular formula is C21H18N2O3. The summed E-state index contributed by atoms with van der Waals surface area (Å²) in [5.41, 5.74) is 2.46. The molecule has 0 radical (unpaired) electrons. The van der Waals surface area contributed by atoms with Crippen LogP contribution >= 0.6 is 0 Å². The largest absolute Gasteiger partial charge is 0.443 e. The minimum Gasteiger partial charge on any atom is -0.443 e. The van der Waals surface area contributed by atoms with Gasteiger partial charge in [0.1, 0.15) is 5.69 Å². The molecule has 3 aromatic rings. The number of ether oxygens (including phenoxy) is 1. The van der Waals surface area contributed by atoms with Crippen molar-refractivity contribution in [1.82, 2.24) is 4.98 Å². The Morgan fingerprint density at radius 1 is 0.923 bits per heavy atom. The quantitative estimate of drug-likeness (QED) is 0.711. The summed E-state index contributed by atoms with van der Waals surface area (Å²) in [7, 11) is 0. The molecule has 1 amide bonds. The zero-order valence-electron chi connectivity index (χ0n) is 14.3. The molecule has 0 fully saturated rings. The molecule has 0 spiro atoms. The van der Waals surface area contributed by atoms with Crippen LogP contribution in [-0.2, 0) is 9.53 Å². The third kappa shape index (κ3) is 4.33. The summed E-state index contributed by atoms with van der Waals surface area (Å²) in [5.74, 6) is -1.08. The van der Waals surface area contributed by atoms with E-state index in [0.717, 1.165) is 5.56 Å². The molecule has 1 atom stereocenters. The maximum atomic E-state index is 12.8. The van der Waals surface area contributed by atoms with Gasteiger partial charge < -0.3 is 10.1 Å². The highest BCUT2D eigenvalue weighted by atomic mass is 16.5. The van der Waals surface area contributed by atoms with Crippen molar-refractivity contribution in [3.63, 3.8) is 0 Å². The van der Waals surface area contributed by atoms with Gasteiger partial charge in [0.25, 0.3) is 5.91 Å². The number of hydrogen-bond donors (Lipinski definition) is 1. The standard InChI is InChI=1S/C21H18N2O3/c1-15-10-12-17(13-11-15)23-20(24)19(16-7-3-2-4-8-16)26-21(25)18-9-5-6-14-22-18/h2-14,19H,1H3,(H,23,24)/t19-/m1/s1. The van der Waals surface area contributed by atoms with E-state index in [-0.39, 0.29) is 5.69 Å². The minimum atomic E-state index is -1.08. The number of esters is 1. The Labute approximate surface area is 151 Å². The van der Waals surface area contributed by atoms with Gasteiger partial charge in [-0.05, 0) is 31.2 Å². The van der Waals surface area contributed by atoms with Gasteiger partial charge in [-0.1, -0.05) is 54.1 Å². The van der Waals surface area contributed by atoms with Crippen LogP contribution in [0.2, 0.25) is 0 Å². The van der Waals surface area contributed by atoms with Crippen molar-refractivity contribution in [3.8, 4) is 0 Å². The summed E-state index contributed by atoms with van der Waals surface area (Å²) in [6.45, 7) is 1.97. The van der Waals surface area contributed by atoms with Crippen molar-refractivity contribution in [2.45, 2.75) is 13.0 Å². The number of amides is 1. The Hall–Kier alpha value is -3.47. The SMILES string of the molecule is Cc1ccc(NC(=O)[C@H](OC(=O)c2ccccn2)c2ccccc2)cc1. The molecule has 0 bridgehead atoms. The number of aryl methyl sites for hydroxylation is 1. The summed E-state index contributed by atoms with van der Waals surface area (Å²) in [4.78, 5) is 29.1. The van der Waals surface area contributed by atoms with Crippen molar-refractivity contribution >= 4 is 17.6 Å². The van der Waals surface area contributed by atoms with Gasteiger partial charge in [0.2, 0.25) is 6.10 Å². The van der Waals surface area contributed by atoms with Crippen LogP contribution < -0.4 is 5.32 Å². The van der Waals surface area contributed by atoms with Gasteiger partial charge in [-0.15, -0.1) is 0 Å². The van der Waals surface area contributed by atoms with Gasteiger partial charge in [0.15, 0.2) is 0 Å². The molecule has 0 unspecified atom stereocenters. The number of nitrogens with zero attached hydrogens (tertiary/aromatic N) is 1. The molecule has 26 heavy (non-hydrogen) atoms. The van der Waals surface area contributed by atoms with E-state index < -0.39 is 18.0 Å². The average Bonchev–Trinajstić information content (AvgIpc) is 2.69. The molecule has 5 nitrogen and oxygen atoms in total. The highest BCUT2D eigenvalue weighted by Gasteiger charge is 2.26. The predicted molar refractivity (Wildman–Crippen MR) is 98.6 cm³/mol. The van der Waals surface area contributed by atoms with Crippen molar-refractivity contribution in [1.29, 1.82) is 0 Å². The fourth-order valence-corrected chi connectivity index (χ4v) is 2.40. The second-order valence-corrected chi connectivity index (χ2v) is 5.77. The van der Waals surface area contributed by atoms with Crippen LogP contribution in [0, 0.1) is 6.92 Å². The number of carbonyl (C=O) groups excluding carboxylic acids is 2. The van der Waals surface area contributed by atoms with E-state index in [1.54, 1.807) is 54.6 Å². The molecule has 0 aliphatic carbocycles. The first-order valence-electron chi connectivity index (χ1n) is 8.18. The molecule has 3 rings (SSSR count). The summed E-state index contributed by atoms with van der Waals surface area (Å²) < 4.78 is 5.47. The van der Waals surface area contributed by atoms with Gasteiger partial charge in [0, 0.05) is 17.4 Å². The molecule has 130 valence electrons. The fourth-order valence-electron chi connectivity index (χ4n) is 2.40. The summed E-state index contributed by atoms with van der Waals surface area (Å²) in [6.07, 6.45) is 0.424. The van der Waals surface area contributed by atoms with Crippen molar-refractivity contribution in [2.75, 3.05) is 5.32 Å². The summed E-state index contributed by atoms with van der Waals surface area (Å²) in [5, 5.41) is 2.79. The van der Waals surface area contributed by atoms with Gasteiger partial charge in [0.05, 0.1) is 0 Å². The Kier molecular flexibility index (Phi) is 5.39. The topological polar surface area (TPSA) is 68.3 Å². The first-order chi connectivity index (χ1) is 12.6. The van der Waals surface area contributed by atoms with Crippen molar-refractivity contribution < 1.29 is 14.3 Å². The van der Waals surface area contributed by atoms with Crippen LogP contribution in [0.3, 0.4) is 0 Å². The predicted octanol–water partition coefficient (Wildman–Crippen LogP) is 3.93. The third-order valence-electron chi connectivity index (χ3n) is 3.76. The number of nitrogens with one attached hydrogen (secondary N) is 1. The Morgan fingerprint density at radius 2 is 1.62 bits per heavy atom. The Morgan fingerprint density at radius 3 is 2.27 bits per heavy atom. The second kappa shape index (κ2) is 8.07. The highest BCUT2D eigenvalue weighted by molar-refractivity contribution is 5.97. The molecular weight excluding hydrogens is 328 g/mol. The fraction of sp³-hybridized carbons (Fsp3) is 0.0952. The van der Waals surface area contributed by atoms with E-state index in [1.807, 2.05) is 25.1 Å². The first kappa shape index (κ1) is 17.4. The zero-order valence-corrected chi connectivity index (χ0v) is 14.3. The number of carbonyl (C=O) groups is 2. The van der Waals surface area contributed by atoms with Crippen molar-refractivity contribution in [3.05, 3.63) is 95.8 Å². The van der Waals surface area contributed by atoms with Gasteiger partial charge in [-0.25, -0.2) is 9.78 Å². The highest BCUT2D eigenvalue weighted by Crippen LogP contribution is 2.21. The molecule has 0 aliphatic heterocycles. The van der Waals surface area contributed by atoms with Crippen LogP contribution in [0.4, 0.5) is 5.69 Å². The smallest absolute Gasteiger partial charge is 0.358 e. The van der Waals surface area contributed by atoms with Crippen LogP contribution in [0.5, 0.6) is 0 Å². The average molecular weight is 346 g/mol. The van der Waals surface area contributed by atoms with E-state index in [0.29, 0.717) is 11.3 Å². The summed E-state index contributed by atoms with van der Waals surface area (Å²) in [6, 6.07) is 21.2. The number of hydrogen-bond acceptors (Lipinski definition) is 4. The van der Waals surface area contributed by atoms with E-state index in [1.165, 1.54) is 6.20 Å².